The van der Waals surface area contributed by atoms with Gasteiger partial charge in [0.05, 0.1) is 4.88 Å². The second kappa shape index (κ2) is 5.87. The molecule has 0 atom stereocenters. The molecule has 96 valence electrons. The minimum Gasteiger partial charge on any atom is -0.488 e. The van der Waals surface area contributed by atoms with Gasteiger partial charge in [-0.3, -0.25) is 0 Å². The lowest BCUT2D eigenvalue weighted by atomic mass is 10.1. The van der Waals surface area contributed by atoms with Gasteiger partial charge in [0, 0.05) is 12.7 Å². The lowest BCUT2D eigenvalue weighted by Gasteiger charge is -2.06. The van der Waals surface area contributed by atoms with E-state index >= 15 is 0 Å². The molecule has 0 bridgehead atoms. The van der Waals surface area contributed by atoms with Crippen molar-refractivity contribution < 1.29 is 4.74 Å². The third-order valence-corrected chi connectivity index (χ3v) is 3.39. The maximum atomic E-state index is 5.79. The zero-order chi connectivity index (χ0) is 13.0. The van der Waals surface area contributed by atoms with Crippen LogP contribution in [0.1, 0.15) is 22.9 Å². The van der Waals surface area contributed by atoms with E-state index in [4.69, 9.17) is 4.74 Å². The second-order valence-electron chi connectivity index (χ2n) is 4.27. The van der Waals surface area contributed by atoms with Gasteiger partial charge in [-0.15, -0.1) is 0 Å². The molecule has 0 fully saturated rings. The Morgan fingerprint density at radius 2 is 1.94 bits per heavy atom. The highest BCUT2D eigenvalue weighted by atomic mass is 32.1. The van der Waals surface area contributed by atoms with Crippen LogP contribution in [0.25, 0.3) is 0 Å². The minimum atomic E-state index is 0.575. The molecule has 0 radical (unpaired) electrons. The van der Waals surface area contributed by atoms with Crippen LogP contribution in [0.15, 0.2) is 24.4 Å². The van der Waals surface area contributed by atoms with Crippen molar-refractivity contribution in [3.63, 3.8) is 0 Å². The van der Waals surface area contributed by atoms with Crippen LogP contribution in [0.5, 0.6) is 5.75 Å². The summed E-state index contributed by atoms with van der Waals surface area (Å²) in [5.41, 5.74) is 2.45. The van der Waals surface area contributed by atoms with E-state index in [2.05, 4.69) is 49.3 Å². The summed E-state index contributed by atoms with van der Waals surface area (Å²) in [6.07, 6.45) is 1.87. The summed E-state index contributed by atoms with van der Waals surface area (Å²) in [6.45, 7) is 7.69. The van der Waals surface area contributed by atoms with E-state index < -0.39 is 0 Å². The van der Waals surface area contributed by atoms with E-state index in [1.165, 1.54) is 11.1 Å². The maximum absolute atomic E-state index is 5.79. The van der Waals surface area contributed by atoms with Crippen molar-refractivity contribution in [2.75, 3.05) is 11.9 Å². The summed E-state index contributed by atoms with van der Waals surface area (Å²) in [6, 6.07) is 6.25. The normalized spacial score (nSPS) is 10.4. The molecule has 4 heteroatoms. The highest BCUT2D eigenvalue weighted by Crippen LogP contribution is 2.21. The predicted molar refractivity (Wildman–Crippen MR) is 76.5 cm³/mol. The molecule has 18 heavy (non-hydrogen) atoms. The summed E-state index contributed by atoms with van der Waals surface area (Å²) in [7, 11) is 0. The van der Waals surface area contributed by atoms with E-state index in [0.717, 1.165) is 22.3 Å². The Hall–Kier alpha value is -1.55. The molecular formula is C14H18N2OS. The average molecular weight is 262 g/mol. The highest BCUT2D eigenvalue weighted by molar-refractivity contribution is 7.15. The second-order valence-corrected chi connectivity index (χ2v) is 5.39. The molecule has 0 aliphatic rings. The monoisotopic (exact) mass is 262 g/mol. The van der Waals surface area contributed by atoms with E-state index in [-0.39, 0.29) is 0 Å². The van der Waals surface area contributed by atoms with Gasteiger partial charge in [-0.1, -0.05) is 17.4 Å². The summed E-state index contributed by atoms with van der Waals surface area (Å²) < 4.78 is 5.79. The molecule has 0 unspecified atom stereocenters. The lowest BCUT2D eigenvalue weighted by molar-refractivity contribution is 0.309. The number of nitrogens with zero attached hydrogens (tertiary/aromatic N) is 1. The van der Waals surface area contributed by atoms with Gasteiger partial charge in [0.2, 0.25) is 0 Å². The summed E-state index contributed by atoms with van der Waals surface area (Å²) in [4.78, 5) is 5.41. The molecule has 3 nitrogen and oxygen atoms in total. The highest BCUT2D eigenvalue weighted by Gasteiger charge is 2.02. The van der Waals surface area contributed by atoms with Crippen LogP contribution >= 0.6 is 11.3 Å². The fourth-order valence-electron chi connectivity index (χ4n) is 1.78. The predicted octanol–water partition coefficient (Wildman–Crippen LogP) is 3.77. The van der Waals surface area contributed by atoms with Crippen LogP contribution in [0.2, 0.25) is 0 Å². The fraction of sp³-hybridized carbons (Fsp3) is 0.357. The molecule has 0 saturated carbocycles. The fourth-order valence-corrected chi connectivity index (χ4v) is 2.57. The zero-order valence-corrected chi connectivity index (χ0v) is 11.8. The number of ether oxygens (including phenoxy) is 1. The van der Waals surface area contributed by atoms with Crippen LogP contribution in [0.4, 0.5) is 5.13 Å². The first kappa shape index (κ1) is 12.9. The van der Waals surface area contributed by atoms with Crippen molar-refractivity contribution in [2.24, 2.45) is 0 Å². The molecule has 0 aliphatic carbocycles. The molecule has 0 amide bonds. The zero-order valence-electron chi connectivity index (χ0n) is 11.0. The standard InChI is InChI=1S/C14H18N2OS/c1-4-15-14-16-8-13(18-14)9-17-12-6-10(2)5-11(3)7-12/h5-8H,4,9H2,1-3H3,(H,15,16). The Bertz CT molecular complexity index is 502. The van der Waals surface area contributed by atoms with Crippen LogP contribution in [-0.2, 0) is 6.61 Å². The van der Waals surface area contributed by atoms with Crippen molar-refractivity contribution in [3.05, 3.63) is 40.4 Å². The van der Waals surface area contributed by atoms with Gasteiger partial charge >= 0.3 is 0 Å². The largest absolute Gasteiger partial charge is 0.488 e. The molecule has 2 rings (SSSR count). The number of hydrogen-bond donors (Lipinski definition) is 1. The number of aryl methyl sites for hydroxylation is 2. The Morgan fingerprint density at radius 1 is 1.22 bits per heavy atom. The average Bonchev–Trinajstić information content (AvgIpc) is 2.74. The van der Waals surface area contributed by atoms with Gasteiger partial charge in [-0.25, -0.2) is 4.98 Å². The van der Waals surface area contributed by atoms with Gasteiger partial charge in [-0.2, -0.15) is 0 Å². The first-order chi connectivity index (χ1) is 8.67. The Balaban J connectivity index is 1.97. The van der Waals surface area contributed by atoms with Gasteiger partial charge in [-0.05, 0) is 44.0 Å². The van der Waals surface area contributed by atoms with E-state index in [0.29, 0.717) is 6.61 Å². The van der Waals surface area contributed by atoms with Gasteiger partial charge in [0.1, 0.15) is 12.4 Å². The maximum Gasteiger partial charge on any atom is 0.182 e. The SMILES string of the molecule is CCNc1ncc(COc2cc(C)cc(C)c2)s1. The van der Waals surface area contributed by atoms with Crippen molar-refractivity contribution >= 4 is 16.5 Å². The minimum absolute atomic E-state index is 0.575. The van der Waals surface area contributed by atoms with E-state index in [1.807, 2.05) is 6.20 Å². The number of hydrogen-bond acceptors (Lipinski definition) is 4. The molecule has 1 N–H and O–H groups in total. The van der Waals surface area contributed by atoms with Gasteiger partial charge in [0.25, 0.3) is 0 Å². The summed E-state index contributed by atoms with van der Waals surface area (Å²) >= 11 is 1.64. The van der Waals surface area contributed by atoms with Crippen molar-refractivity contribution in [1.29, 1.82) is 0 Å². The van der Waals surface area contributed by atoms with Gasteiger partial charge < -0.3 is 10.1 Å². The van der Waals surface area contributed by atoms with Gasteiger partial charge in [0.15, 0.2) is 5.13 Å². The van der Waals surface area contributed by atoms with Crippen molar-refractivity contribution in [2.45, 2.75) is 27.4 Å². The van der Waals surface area contributed by atoms with Crippen LogP contribution in [-0.4, -0.2) is 11.5 Å². The smallest absolute Gasteiger partial charge is 0.182 e. The molecule has 0 spiro atoms. The Kier molecular flexibility index (Phi) is 4.20. The third-order valence-electron chi connectivity index (χ3n) is 2.46. The molecule has 1 aromatic heterocycles. The van der Waals surface area contributed by atoms with Crippen molar-refractivity contribution in [3.8, 4) is 5.75 Å². The Labute approximate surface area is 112 Å². The van der Waals surface area contributed by atoms with Crippen molar-refractivity contribution in [1.82, 2.24) is 4.98 Å². The first-order valence-corrected chi connectivity index (χ1v) is 6.88. The first-order valence-electron chi connectivity index (χ1n) is 6.07. The topological polar surface area (TPSA) is 34.2 Å². The van der Waals surface area contributed by atoms with Crippen LogP contribution in [0, 0.1) is 13.8 Å². The number of nitrogens with one attached hydrogen (secondary N) is 1. The molecule has 0 saturated heterocycles. The number of thiazole rings is 1. The number of aromatic nitrogens is 1. The third kappa shape index (κ3) is 3.47. The van der Waals surface area contributed by atoms with Crippen LogP contribution < -0.4 is 10.1 Å². The summed E-state index contributed by atoms with van der Waals surface area (Å²) in [5, 5.41) is 4.15. The molecule has 2 aromatic rings. The molecular weight excluding hydrogens is 244 g/mol. The number of rotatable bonds is 5. The van der Waals surface area contributed by atoms with E-state index in [9.17, 15) is 0 Å². The Morgan fingerprint density at radius 3 is 2.61 bits per heavy atom. The molecule has 0 aliphatic heterocycles. The number of anilines is 1. The molecule has 1 heterocycles. The van der Waals surface area contributed by atoms with E-state index in [1.54, 1.807) is 11.3 Å². The van der Waals surface area contributed by atoms with Crippen LogP contribution in [0.3, 0.4) is 0 Å². The number of benzene rings is 1. The quantitative estimate of drug-likeness (QED) is 0.890. The molecule has 1 aromatic carbocycles. The summed E-state index contributed by atoms with van der Waals surface area (Å²) in [5.74, 6) is 0.922. The lowest BCUT2D eigenvalue weighted by Crippen LogP contribution is -1.94.